The van der Waals surface area contributed by atoms with E-state index >= 15 is 0 Å². The van der Waals surface area contributed by atoms with Gasteiger partial charge in [0.15, 0.2) is 0 Å². The largest absolute Gasteiger partial charge is 0.271 e. The van der Waals surface area contributed by atoms with Crippen LogP contribution in [0.2, 0.25) is 0 Å². The van der Waals surface area contributed by atoms with Gasteiger partial charge in [-0.25, -0.2) is 0 Å². The Kier molecular flexibility index (Phi) is 8.62. The normalized spacial score (nSPS) is 13.3. The molecule has 0 atom stereocenters. The molecule has 0 aliphatic carbocycles. The van der Waals surface area contributed by atoms with Gasteiger partial charge in [0.05, 0.1) is 0 Å². The summed E-state index contributed by atoms with van der Waals surface area (Å²) in [5.74, 6) is 0. The summed E-state index contributed by atoms with van der Waals surface area (Å²) in [7, 11) is -0.429. The zero-order valence-corrected chi connectivity index (χ0v) is 14.8. The monoisotopic (exact) mass is 275 g/mol. The summed E-state index contributed by atoms with van der Waals surface area (Å²) in [4.78, 5) is 0. The van der Waals surface area contributed by atoms with Gasteiger partial charge in [0, 0.05) is 24.2 Å². The first-order valence-corrected chi connectivity index (χ1v) is 8.58. The van der Waals surface area contributed by atoms with E-state index in [1.165, 1.54) is 0 Å². The highest BCUT2D eigenvalue weighted by Gasteiger charge is 2.32. The van der Waals surface area contributed by atoms with Gasteiger partial charge in [-0.2, -0.15) is 0 Å². The summed E-state index contributed by atoms with van der Waals surface area (Å²) in [6, 6.07) is 2.26. The van der Waals surface area contributed by atoms with Crippen LogP contribution in [-0.4, -0.2) is 40.1 Å². The quantitative estimate of drug-likeness (QED) is 0.674. The van der Waals surface area contributed by atoms with Crippen LogP contribution in [0.4, 0.5) is 0 Å². The van der Waals surface area contributed by atoms with Gasteiger partial charge >= 0.3 is 0 Å². The van der Waals surface area contributed by atoms with Gasteiger partial charge in [-0.05, 0) is 61.9 Å². The third-order valence-electron chi connectivity index (χ3n) is 2.85. The predicted octanol–water partition coefficient (Wildman–Crippen LogP) is 4.06. The molecule has 0 fully saturated rings. The summed E-state index contributed by atoms with van der Waals surface area (Å²) in [6.07, 6.45) is 0. The predicted molar refractivity (Wildman–Crippen MR) is 84.8 cm³/mol. The van der Waals surface area contributed by atoms with Crippen LogP contribution in [0.3, 0.4) is 0 Å². The molecule has 0 aliphatic heterocycles. The third kappa shape index (κ3) is 5.13. The highest BCUT2D eigenvalue weighted by Crippen LogP contribution is 2.46. The molecular formula is C14H34N3P. The van der Waals surface area contributed by atoms with Gasteiger partial charge in [-0.1, -0.05) is 6.92 Å². The Morgan fingerprint density at radius 3 is 1.17 bits per heavy atom. The zero-order chi connectivity index (χ0) is 14.5. The van der Waals surface area contributed by atoms with Gasteiger partial charge < -0.3 is 0 Å². The van der Waals surface area contributed by atoms with Crippen molar-refractivity contribution in [3.63, 3.8) is 0 Å². The summed E-state index contributed by atoms with van der Waals surface area (Å²) in [6.45, 7) is 21.6. The molecule has 0 radical (unpaired) electrons. The maximum atomic E-state index is 3.72. The summed E-state index contributed by atoms with van der Waals surface area (Å²) in [5, 5.41) is 3.72. The van der Waals surface area contributed by atoms with Crippen LogP contribution in [-0.2, 0) is 0 Å². The molecule has 110 valence electrons. The highest BCUT2D eigenvalue weighted by molar-refractivity contribution is 7.50. The fourth-order valence-electron chi connectivity index (χ4n) is 2.49. The van der Waals surface area contributed by atoms with Gasteiger partial charge in [0.2, 0.25) is 0 Å². The van der Waals surface area contributed by atoms with E-state index in [0.29, 0.717) is 24.2 Å². The van der Waals surface area contributed by atoms with Crippen molar-refractivity contribution >= 4 is 8.37 Å². The number of hydrogen-bond acceptors (Lipinski definition) is 3. The zero-order valence-electron chi connectivity index (χ0n) is 13.9. The molecule has 1 N–H and O–H groups in total. The molecule has 0 saturated carbocycles. The summed E-state index contributed by atoms with van der Waals surface area (Å²) >= 11 is 0. The first-order chi connectivity index (χ1) is 8.23. The second-order valence-corrected chi connectivity index (χ2v) is 7.75. The highest BCUT2D eigenvalue weighted by atomic mass is 31.1. The van der Waals surface area contributed by atoms with Crippen LogP contribution < -0.4 is 5.09 Å². The third-order valence-corrected chi connectivity index (χ3v) is 6.17. The fraction of sp³-hybridized carbons (Fsp3) is 1.00. The maximum Gasteiger partial charge on any atom is 0.118 e. The molecule has 0 aromatic carbocycles. The molecule has 0 aromatic rings. The van der Waals surface area contributed by atoms with Crippen LogP contribution >= 0.6 is 8.37 Å². The van der Waals surface area contributed by atoms with Crippen molar-refractivity contribution in [3.8, 4) is 0 Å². The van der Waals surface area contributed by atoms with Gasteiger partial charge in [-0.3, -0.25) is 14.4 Å². The minimum Gasteiger partial charge on any atom is -0.271 e. The van der Waals surface area contributed by atoms with Crippen molar-refractivity contribution in [1.29, 1.82) is 0 Å². The number of rotatable bonds is 8. The molecule has 0 spiro atoms. The van der Waals surface area contributed by atoms with E-state index in [0.717, 1.165) is 6.54 Å². The van der Waals surface area contributed by atoms with Gasteiger partial charge in [0.25, 0.3) is 0 Å². The molecule has 0 saturated heterocycles. The Bertz CT molecular complexity index is 181. The van der Waals surface area contributed by atoms with Gasteiger partial charge in [0.1, 0.15) is 8.37 Å². The minimum atomic E-state index is -0.429. The van der Waals surface area contributed by atoms with Crippen LogP contribution in [0.15, 0.2) is 0 Å². The molecular weight excluding hydrogens is 241 g/mol. The van der Waals surface area contributed by atoms with E-state index in [2.05, 4.69) is 76.7 Å². The molecule has 0 aliphatic rings. The van der Waals surface area contributed by atoms with Crippen molar-refractivity contribution in [3.05, 3.63) is 0 Å². The van der Waals surface area contributed by atoms with E-state index in [1.54, 1.807) is 0 Å². The molecule has 0 heterocycles. The fourth-order valence-corrected chi connectivity index (χ4v) is 5.09. The average molecular weight is 275 g/mol. The van der Waals surface area contributed by atoms with E-state index < -0.39 is 8.37 Å². The Balaban J connectivity index is 5.22. The lowest BCUT2D eigenvalue weighted by Crippen LogP contribution is -2.46. The molecule has 0 unspecified atom stereocenters. The van der Waals surface area contributed by atoms with Crippen LogP contribution in [0.25, 0.3) is 0 Å². The topological polar surface area (TPSA) is 18.5 Å². The van der Waals surface area contributed by atoms with Crippen molar-refractivity contribution < 1.29 is 0 Å². The second kappa shape index (κ2) is 8.47. The molecule has 0 aromatic heterocycles. The second-order valence-electron chi connectivity index (χ2n) is 5.94. The maximum absolute atomic E-state index is 3.72. The Morgan fingerprint density at radius 1 is 0.722 bits per heavy atom. The van der Waals surface area contributed by atoms with Gasteiger partial charge in [-0.15, -0.1) is 0 Å². The van der Waals surface area contributed by atoms with Crippen molar-refractivity contribution in [2.45, 2.75) is 86.5 Å². The molecule has 0 rings (SSSR count). The first-order valence-electron chi connectivity index (χ1n) is 7.34. The van der Waals surface area contributed by atoms with E-state index in [4.69, 9.17) is 0 Å². The lowest BCUT2D eigenvalue weighted by atomic mass is 10.3. The molecule has 18 heavy (non-hydrogen) atoms. The summed E-state index contributed by atoms with van der Waals surface area (Å²) in [5.41, 5.74) is 0. The first kappa shape index (κ1) is 18.3. The minimum absolute atomic E-state index is 0.429. The van der Waals surface area contributed by atoms with E-state index in [9.17, 15) is 0 Å². The van der Waals surface area contributed by atoms with Crippen LogP contribution in [0.5, 0.6) is 0 Å². The Morgan fingerprint density at radius 2 is 1.00 bits per heavy atom. The van der Waals surface area contributed by atoms with E-state index in [-0.39, 0.29) is 0 Å². The average Bonchev–Trinajstić information content (AvgIpc) is 2.14. The molecule has 3 nitrogen and oxygen atoms in total. The number of hydrogen-bond donors (Lipinski definition) is 1. The number of nitrogens with one attached hydrogen (secondary N) is 1. The number of nitrogens with zero attached hydrogens (tertiary/aromatic N) is 2. The lowest BCUT2D eigenvalue weighted by molar-refractivity contribution is 0.251. The van der Waals surface area contributed by atoms with Crippen molar-refractivity contribution in [2.75, 3.05) is 6.54 Å². The van der Waals surface area contributed by atoms with Crippen LogP contribution in [0, 0.1) is 0 Å². The standard InChI is InChI=1S/C14H34N3P/c1-10-15-18(16(11(2)3)12(4)5)17(13(6)7)14(8)9/h11-15H,10H2,1-9H3. The van der Waals surface area contributed by atoms with Crippen LogP contribution in [0.1, 0.15) is 62.3 Å². The smallest absolute Gasteiger partial charge is 0.118 e. The molecule has 0 bridgehead atoms. The Hall–Kier alpha value is 0.310. The van der Waals surface area contributed by atoms with E-state index in [1.807, 2.05) is 0 Å². The lowest BCUT2D eigenvalue weighted by Gasteiger charge is -2.46. The van der Waals surface area contributed by atoms with Crippen molar-refractivity contribution in [1.82, 2.24) is 14.4 Å². The Labute approximate surface area is 116 Å². The molecule has 4 heteroatoms. The summed E-state index contributed by atoms with van der Waals surface area (Å²) < 4.78 is 5.25. The van der Waals surface area contributed by atoms with Crippen molar-refractivity contribution in [2.24, 2.45) is 0 Å². The molecule has 0 amide bonds. The SMILES string of the molecule is CCNP(N(C(C)C)C(C)C)N(C(C)C)C(C)C.